The van der Waals surface area contributed by atoms with Gasteiger partial charge in [-0.05, 0) is 66.8 Å². The molecular formula is C31H28N2O3S2. The summed E-state index contributed by atoms with van der Waals surface area (Å²) in [7, 11) is -3.72. The van der Waals surface area contributed by atoms with Gasteiger partial charge in [0.05, 0.1) is 21.5 Å². The minimum Gasteiger partial charge on any atom is -0.340 e. The highest BCUT2D eigenvalue weighted by molar-refractivity contribution is 7.92. The third-order valence-electron chi connectivity index (χ3n) is 6.45. The Hall–Kier alpha value is -3.94. The van der Waals surface area contributed by atoms with Gasteiger partial charge in [-0.15, -0.1) is 11.3 Å². The molecule has 0 aliphatic carbocycles. The van der Waals surface area contributed by atoms with Crippen molar-refractivity contribution >= 4 is 43.0 Å². The standard InChI is InChI=1S/C31H28N2O3S2/c1-3-33(38(35,36)27-17-14-22(2)15-18-27)26-16-19-28-25(20-26)21-29(37-28)31(34)32-30(23-10-6-4-7-11-23)24-12-8-5-9-13-24/h4-21,30H,3H2,1-2H3,(H,32,34). The van der Waals surface area contributed by atoms with Crippen molar-refractivity contribution in [3.05, 3.63) is 131 Å². The summed E-state index contributed by atoms with van der Waals surface area (Å²) in [5.41, 5.74) is 3.56. The fourth-order valence-electron chi connectivity index (χ4n) is 4.48. The number of hydrogen-bond donors (Lipinski definition) is 1. The van der Waals surface area contributed by atoms with Crippen LogP contribution in [0, 0.1) is 6.92 Å². The molecule has 5 aromatic rings. The molecule has 0 aliphatic heterocycles. The molecule has 192 valence electrons. The van der Waals surface area contributed by atoms with E-state index in [1.807, 2.05) is 92.7 Å². The number of carbonyl (C=O) groups excluding carboxylic acids is 1. The van der Waals surface area contributed by atoms with E-state index in [0.717, 1.165) is 26.8 Å². The van der Waals surface area contributed by atoms with Gasteiger partial charge in [-0.3, -0.25) is 9.10 Å². The normalized spacial score (nSPS) is 11.6. The molecule has 1 N–H and O–H groups in total. The van der Waals surface area contributed by atoms with Crippen LogP contribution in [0.3, 0.4) is 0 Å². The molecule has 4 aromatic carbocycles. The van der Waals surface area contributed by atoms with Crippen molar-refractivity contribution in [3.63, 3.8) is 0 Å². The maximum Gasteiger partial charge on any atom is 0.264 e. The average Bonchev–Trinajstić information content (AvgIpc) is 3.37. The zero-order valence-corrected chi connectivity index (χ0v) is 22.8. The van der Waals surface area contributed by atoms with E-state index in [1.165, 1.54) is 15.6 Å². The monoisotopic (exact) mass is 540 g/mol. The van der Waals surface area contributed by atoms with Crippen molar-refractivity contribution in [2.45, 2.75) is 24.8 Å². The Balaban J connectivity index is 1.44. The first-order chi connectivity index (χ1) is 18.4. The lowest BCUT2D eigenvalue weighted by Crippen LogP contribution is -2.30. The Morgan fingerprint density at radius 2 is 1.45 bits per heavy atom. The van der Waals surface area contributed by atoms with Gasteiger partial charge in [-0.1, -0.05) is 78.4 Å². The van der Waals surface area contributed by atoms with Gasteiger partial charge >= 0.3 is 0 Å². The average molecular weight is 541 g/mol. The van der Waals surface area contributed by atoms with Crippen LogP contribution in [0.1, 0.15) is 39.3 Å². The molecule has 0 saturated heterocycles. The van der Waals surface area contributed by atoms with Gasteiger partial charge in [-0.25, -0.2) is 8.42 Å². The second kappa shape index (κ2) is 10.8. The van der Waals surface area contributed by atoms with Gasteiger partial charge in [0, 0.05) is 11.2 Å². The van der Waals surface area contributed by atoms with E-state index in [9.17, 15) is 13.2 Å². The van der Waals surface area contributed by atoms with E-state index in [1.54, 1.807) is 30.3 Å². The molecule has 38 heavy (non-hydrogen) atoms. The van der Waals surface area contributed by atoms with Crippen LogP contribution in [0.15, 0.2) is 114 Å². The second-order valence-corrected chi connectivity index (χ2v) is 12.0. The number of fused-ring (bicyclic) bond motifs is 1. The van der Waals surface area contributed by atoms with Crippen LogP contribution in [0.5, 0.6) is 0 Å². The molecule has 0 aliphatic rings. The van der Waals surface area contributed by atoms with Crippen molar-refractivity contribution in [3.8, 4) is 0 Å². The SMILES string of the molecule is CCN(c1ccc2sc(C(=O)NC(c3ccccc3)c3ccccc3)cc2c1)S(=O)(=O)c1ccc(C)cc1. The lowest BCUT2D eigenvalue weighted by atomic mass is 9.98. The van der Waals surface area contributed by atoms with Crippen LogP contribution in [-0.2, 0) is 10.0 Å². The third kappa shape index (κ3) is 5.21. The van der Waals surface area contributed by atoms with Crippen molar-refractivity contribution in [1.29, 1.82) is 0 Å². The lowest BCUT2D eigenvalue weighted by molar-refractivity contribution is 0.0947. The first-order valence-corrected chi connectivity index (χ1v) is 14.7. The summed E-state index contributed by atoms with van der Waals surface area (Å²) < 4.78 is 29.1. The zero-order chi connectivity index (χ0) is 26.7. The summed E-state index contributed by atoms with van der Waals surface area (Å²) in [6, 6.07) is 33.7. The first-order valence-electron chi connectivity index (χ1n) is 12.4. The zero-order valence-electron chi connectivity index (χ0n) is 21.2. The van der Waals surface area contributed by atoms with Gasteiger partial charge < -0.3 is 5.32 Å². The molecule has 0 fully saturated rings. The predicted molar refractivity (Wildman–Crippen MR) is 155 cm³/mol. The Morgan fingerprint density at radius 1 is 0.842 bits per heavy atom. The van der Waals surface area contributed by atoms with Gasteiger partial charge in [0.15, 0.2) is 0 Å². The molecule has 0 atom stereocenters. The van der Waals surface area contributed by atoms with E-state index in [2.05, 4.69) is 5.32 Å². The third-order valence-corrected chi connectivity index (χ3v) is 9.48. The molecule has 7 heteroatoms. The Kier molecular flexibility index (Phi) is 7.31. The summed E-state index contributed by atoms with van der Waals surface area (Å²) in [5, 5.41) is 4.02. The topological polar surface area (TPSA) is 66.5 Å². The number of carbonyl (C=O) groups is 1. The molecule has 1 amide bonds. The molecule has 5 nitrogen and oxygen atoms in total. The highest BCUT2D eigenvalue weighted by Gasteiger charge is 2.24. The molecule has 1 heterocycles. The Bertz CT molecular complexity index is 1620. The molecule has 1 aromatic heterocycles. The van der Waals surface area contributed by atoms with Crippen molar-refractivity contribution < 1.29 is 13.2 Å². The number of hydrogen-bond acceptors (Lipinski definition) is 4. The summed E-state index contributed by atoms with van der Waals surface area (Å²) in [6.07, 6.45) is 0. The molecule has 0 saturated carbocycles. The number of thiophene rings is 1. The Morgan fingerprint density at radius 3 is 2.03 bits per heavy atom. The van der Waals surface area contributed by atoms with Crippen LogP contribution in [0.2, 0.25) is 0 Å². The van der Waals surface area contributed by atoms with E-state index in [4.69, 9.17) is 0 Å². The van der Waals surface area contributed by atoms with Gasteiger partial charge in [0.1, 0.15) is 0 Å². The van der Waals surface area contributed by atoms with Crippen molar-refractivity contribution in [2.24, 2.45) is 0 Å². The predicted octanol–water partition coefficient (Wildman–Crippen LogP) is 6.94. The second-order valence-electron chi connectivity index (χ2n) is 9.04. The quantitative estimate of drug-likeness (QED) is 0.232. The summed E-state index contributed by atoms with van der Waals surface area (Å²) in [6.45, 7) is 4.03. The highest BCUT2D eigenvalue weighted by atomic mass is 32.2. The van der Waals surface area contributed by atoms with E-state index in [-0.39, 0.29) is 23.4 Å². The van der Waals surface area contributed by atoms with Crippen LogP contribution in [0.25, 0.3) is 10.1 Å². The van der Waals surface area contributed by atoms with E-state index in [0.29, 0.717) is 10.6 Å². The number of benzene rings is 4. The maximum absolute atomic E-state index is 13.4. The fraction of sp³-hybridized carbons (Fsp3) is 0.129. The number of anilines is 1. The van der Waals surface area contributed by atoms with Crippen LogP contribution in [0.4, 0.5) is 5.69 Å². The van der Waals surface area contributed by atoms with Crippen molar-refractivity contribution in [2.75, 3.05) is 10.8 Å². The minimum absolute atomic E-state index is 0.176. The number of amides is 1. The molecule has 0 unspecified atom stereocenters. The minimum atomic E-state index is -3.72. The number of aryl methyl sites for hydroxylation is 1. The molecule has 0 bridgehead atoms. The maximum atomic E-state index is 13.4. The summed E-state index contributed by atoms with van der Waals surface area (Å²) >= 11 is 1.39. The van der Waals surface area contributed by atoms with Crippen LogP contribution < -0.4 is 9.62 Å². The van der Waals surface area contributed by atoms with Gasteiger partial charge in [0.25, 0.3) is 15.9 Å². The first kappa shape index (κ1) is 25.7. The molecule has 0 radical (unpaired) electrons. The number of nitrogens with one attached hydrogen (secondary N) is 1. The summed E-state index contributed by atoms with van der Waals surface area (Å²) in [4.78, 5) is 14.2. The van der Waals surface area contributed by atoms with Crippen LogP contribution in [-0.4, -0.2) is 20.9 Å². The van der Waals surface area contributed by atoms with Crippen LogP contribution >= 0.6 is 11.3 Å². The Labute approximate surface area is 227 Å². The van der Waals surface area contributed by atoms with Crippen molar-refractivity contribution in [1.82, 2.24) is 5.32 Å². The van der Waals surface area contributed by atoms with Gasteiger partial charge in [-0.2, -0.15) is 0 Å². The van der Waals surface area contributed by atoms with Gasteiger partial charge in [0.2, 0.25) is 0 Å². The molecular weight excluding hydrogens is 512 g/mol. The number of sulfonamides is 1. The van der Waals surface area contributed by atoms with E-state index < -0.39 is 10.0 Å². The lowest BCUT2D eigenvalue weighted by Gasteiger charge is -2.23. The number of rotatable bonds is 8. The largest absolute Gasteiger partial charge is 0.340 e. The number of nitrogens with zero attached hydrogens (tertiary/aromatic N) is 1. The highest BCUT2D eigenvalue weighted by Crippen LogP contribution is 2.32. The van der Waals surface area contributed by atoms with E-state index >= 15 is 0 Å². The summed E-state index contributed by atoms with van der Waals surface area (Å²) in [5.74, 6) is -0.176. The fourth-order valence-corrected chi connectivity index (χ4v) is 6.89. The smallest absolute Gasteiger partial charge is 0.264 e. The molecule has 0 spiro atoms. The molecule has 5 rings (SSSR count).